The maximum atomic E-state index is 7.34. The van der Waals surface area contributed by atoms with Crippen molar-refractivity contribution >= 4 is 192 Å². The van der Waals surface area contributed by atoms with Crippen LogP contribution in [-0.2, 0) is 0 Å². The van der Waals surface area contributed by atoms with Gasteiger partial charge in [0.1, 0.15) is 11.2 Å². The second-order valence-corrected chi connectivity index (χ2v) is 26.3. The van der Waals surface area contributed by atoms with E-state index in [0.717, 1.165) is 157 Å². The zero-order valence-corrected chi connectivity index (χ0v) is 54.1. The topological polar surface area (TPSA) is 45.7 Å². The average molecular weight is 1280 g/mol. The summed E-state index contributed by atoms with van der Waals surface area (Å²) in [7, 11) is 0. The summed E-state index contributed by atoms with van der Waals surface area (Å²) < 4.78 is 14.7. The maximum absolute atomic E-state index is 7.34. The van der Waals surface area contributed by atoms with E-state index in [2.05, 4.69) is 381 Å². The highest BCUT2D eigenvalue weighted by Crippen LogP contribution is 2.54. The van der Waals surface area contributed by atoms with Crippen molar-refractivity contribution < 1.29 is 8.83 Å². The molecule has 17 aromatic rings. The Hall–Kier alpha value is -13.2. The Balaban J connectivity index is 0.922. The lowest BCUT2D eigenvalue weighted by atomic mass is 9.30. The van der Waals surface area contributed by atoms with Crippen LogP contribution in [0.15, 0.2) is 361 Å². The lowest BCUT2D eigenvalue weighted by molar-refractivity contribution is 0.669. The molecule has 0 bridgehead atoms. The molecule has 0 unspecified atom stereocenters. The second kappa shape index (κ2) is 22.2. The highest BCUT2D eigenvalue weighted by Gasteiger charge is 2.50. The molecule has 100 heavy (non-hydrogen) atoms. The number of furan rings is 2. The second-order valence-electron chi connectivity index (χ2n) is 26.3. The minimum Gasteiger partial charge on any atom is -0.454 e. The van der Waals surface area contributed by atoms with Crippen molar-refractivity contribution in [2.45, 2.75) is 0 Å². The molecule has 0 saturated heterocycles. The molecule has 0 N–H and O–H groups in total. The Morgan fingerprint density at radius 2 is 0.510 bits per heavy atom. The first-order valence-electron chi connectivity index (χ1n) is 34.3. The molecule has 0 aliphatic carbocycles. The molecule has 2 aromatic heterocycles. The van der Waals surface area contributed by atoms with Crippen LogP contribution in [0.1, 0.15) is 0 Å². The first-order valence-corrected chi connectivity index (χ1v) is 34.3. The number of nitrogens with zero attached hydrogens (tertiary/aromatic N) is 6. The summed E-state index contributed by atoms with van der Waals surface area (Å²) >= 11 is 0. The zero-order valence-electron chi connectivity index (χ0n) is 54.1. The van der Waals surface area contributed by atoms with Crippen LogP contribution in [0.3, 0.4) is 0 Å². The summed E-state index contributed by atoms with van der Waals surface area (Å²) in [5.74, 6) is 0. The highest BCUT2D eigenvalue weighted by atomic mass is 16.3. The molecule has 0 atom stereocenters. The summed E-state index contributed by atoms with van der Waals surface area (Å²) in [6.45, 7) is -0.622. The summed E-state index contributed by atoms with van der Waals surface area (Å²) in [5.41, 5.74) is 29.2. The van der Waals surface area contributed by atoms with E-state index < -0.39 is 0 Å². The number of hydrogen-bond donors (Lipinski definition) is 0. The van der Waals surface area contributed by atoms with E-state index in [0.29, 0.717) is 0 Å². The van der Waals surface area contributed by atoms with Crippen molar-refractivity contribution in [1.82, 2.24) is 0 Å². The van der Waals surface area contributed by atoms with E-state index in [1.807, 2.05) is 0 Å². The van der Waals surface area contributed by atoms with Crippen LogP contribution in [0.5, 0.6) is 0 Å². The Bertz CT molecular complexity index is 5630. The zero-order chi connectivity index (χ0) is 65.5. The molecule has 0 radical (unpaired) electrons. The third-order valence-electron chi connectivity index (χ3n) is 20.9. The van der Waals surface area contributed by atoms with Crippen LogP contribution >= 0.6 is 0 Å². The van der Waals surface area contributed by atoms with Gasteiger partial charge in [0.25, 0.3) is 13.4 Å². The van der Waals surface area contributed by atoms with Gasteiger partial charge in [-0.3, -0.25) is 0 Å². The van der Waals surface area contributed by atoms with Gasteiger partial charge in [-0.25, -0.2) is 0 Å². The Labute approximate surface area is 579 Å². The monoisotopic (exact) mass is 1280 g/mol. The first-order chi connectivity index (χ1) is 49.7. The van der Waals surface area contributed by atoms with Gasteiger partial charge in [-0.1, -0.05) is 212 Å². The van der Waals surface area contributed by atoms with Crippen molar-refractivity contribution in [3.05, 3.63) is 352 Å². The number of para-hydroxylation sites is 10. The van der Waals surface area contributed by atoms with Gasteiger partial charge < -0.3 is 38.2 Å². The van der Waals surface area contributed by atoms with Crippen LogP contribution in [0.4, 0.5) is 102 Å². The first kappa shape index (κ1) is 56.0. The van der Waals surface area contributed by atoms with Crippen LogP contribution < -0.4 is 62.2 Å². The molecule has 0 saturated carbocycles. The molecule has 15 aromatic carbocycles. The van der Waals surface area contributed by atoms with Crippen molar-refractivity contribution in [3.8, 4) is 0 Å². The molecule has 10 heteroatoms. The van der Waals surface area contributed by atoms with Gasteiger partial charge in [-0.15, -0.1) is 0 Å². The number of benzene rings is 15. The predicted molar refractivity (Wildman–Crippen MR) is 418 cm³/mol. The molecular weight excluding hydrogens is 1220 g/mol. The van der Waals surface area contributed by atoms with Gasteiger partial charge in [0, 0.05) is 101 Å². The molecule has 21 rings (SSSR count). The molecule has 4 aliphatic heterocycles. The van der Waals surface area contributed by atoms with Crippen LogP contribution in [0, 0.1) is 0 Å². The minimum absolute atomic E-state index is 0.311. The minimum atomic E-state index is -0.311. The van der Waals surface area contributed by atoms with Gasteiger partial charge in [0.2, 0.25) is 0 Å². The smallest absolute Gasteiger partial charge is 0.252 e. The van der Waals surface area contributed by atoms with Crippen molar-refractivity contribution in [1.29, 1.82) is 0 Å². The molecular formula is C90H58B2N6O2. The standard InChI is InChI=1S/C90H58B2N6O2/c1-9-29-59(30-10-1)93(60-31-11-2-12-32-60)67-53-79-85-81(55-67)97(65-41-21-7-22-42-65)87-73(51-49-71-69-45-25-27-47-83(69)99-89(71)87)91(85)75-57-76-78(58-77(75)95(79)63-37-17-5-18-38-63)96(64-39-19-6-20-40-64)80-54-68(94(61-33-13-3-14-34-61)62-35-15-4-16-36-62)56-82-86(80)92(76)74-52-50-72-70-46-26-28-48-84(70)100-90(72)88(74)98(82)66-43-23-8-24-44-66/h1-58H. The number of hydrogen-bond acceptors (Lipinski definition) is 8. The van der Waals surface area contributed by atoms with E-state index >= 15 is 0 Å². The average Bonchev–Trinajstić information content (AvgIpc) is 0.881. The third-order valence-corrected chi connectivity index (χ3v) is 20.9. The van der Waals surface area contributed by atoms with Crippen LogP contribution in [0.2, 0.25) is 0 Å². The van der Waals surface area contributed by atoms with E-state index in [4.69, 9.17) is 8.83 Å². The van der Waals surface area contributed by atoms with Gasteiger partial charge in [0.05, 0.1) is 22.7 Å². The fourth-order valence-corrected chi connectivity index (χ4v) is 16.8. The van der Waals surface area contributed by atoms with Gasteiger partial charge in [-0.05, 0) is 172 Å². The van der Waals surface area contributed by atoms with Crippen molar-refractivity contribution in [2.75, 3.05) is 29.4 Å². The Morgan fingerprint density at radius 1 is 0.220 bits per heavy atom. The van der Waals surface area contributed by atoms with E-state index in [1.54, 1.807) is 0 Å². The Morgan fingerprint density at radius 3 is 0.850 bits per heavy atom. The fourth-order valence-electron chi connectivity index (χ4n) is 16.8. The summed E-state index contributed by atoms with van der Waals surface area (Å²) in [4.78, 5) is 14.9. The van der Waals surface area contributed by atoms with Gasteiger partial charge in [-0.2, -0.15) is 0 Å². The number of rotatable bonds is 10. The quantitative estimate of drug-likeness (QED) is 0.126. The normalized spacial score (nSPS) is 13.1. The van der Waals surface area contributed by atoms with E-state index in [9.17, 15) is 0 Å². The van der Waals surface area contributed by atoms with E-state index in [1.165, 1.54) is 21.9 Å². The molecule has 8 nitrogen and oxygen atoms in total. The Kier molecular flexibility index (Phi) is 12.4. The van der Waals surface area contributed by atoms with Crippen molar-refractivity contribution in [3.63, 3.8) is 0 Å². The summed E-state index contributed by atoms with van der Waals surface area (Å²) in [5, 5.41) is 4.29. The van der Waals surface area contributed by atoms with Gasteiger partial charge >= 0.3 is 0 Å². The lowest BCUT2D eigenvalue weighted by Crippen LogP contribution is -2.65. The summed E-state index contributed by atoms with van der Waals surface area (Å²) in [6.07, 6.45) is 0. The maximum Gasteiger partial charge on any atom is 0.252 e. The molecule has 4 aliphatic rings. The molecule has 466 valence electrons. The number of anilines is 18. The predicted octanol–water partition coefficient (Wildman–Crippen LogP) is 20.6. The van der Waals surface area contributed by atoms with Crippen LogP contribution in [-0.4, -0.2) is 13.4 Å². The fraction of sp³-hybridized carbons (Fsp3) is 0. The largest absolute Gasteiger partial charge is 0.454 e. The molecule has 0 amide bonds. The van der Waals surface area contributed by atoms with Gasteiger partial charge in [0.15, 0.2) is 11.2 Å². The summed E-state index contributed by atoms with van der Waals surface area (Å²) in [6, 6.07) is 128. The highest BCUT2D eigenvalue weighted by molar-refractivity contribution is 7.03. The van der Waals surface area contributed by atoms with Crippen LogP contribution in [0.25, 0.3) is 43.9 Å². The molecule has 0 spiro atoms. The SMILES string of the molecule is c1ccc(N(c2ccccc2)c2cc3c4c(c2)N(c2ccccc2)c2c(ccc5c2oc2ccccc25)B4c2cc4c(cc2N3c2ccccc2)N(c2ccccc2)c2cc(N(c3ccccc3)c3ccccc3)cc3c2B4c2ccc4c(oc5ccccc54)c2N3c2ccccc2)cc1. The van der Waals surface area contributed by atoms with E-state index in [-0.39, 0.29) is 13.4 Å². The lowest BCUT2D eigenvalue weighted by Gasteiger charge is -2.47. The number of fused-ring (bicyclic) bond motifs is 16. The third kappa shape index (κ3) is 8.37. The van der Waals surface area contributed by atoms with Crippen molar-refractivity contribution in [2.24, 2.45) is 0 Å². The molecule has 6 heterocycles. The molecule has 0 fully saturated rings.